The predicted molar refractivity (Wildman–Crippen MR) is 80.6 cm³/mol. The van der Waals surface area contributed by atoms with Crippen molar-refractivity contribution in [2.75, 3.05) is 18.9 Å². The van der Waals surface area contributed by atoms with Crippen LogP contribution in [-0.2, 0) is 4.74 Å². The molecule has 1 aromatic heterocycles. The van der Waals surface area contributed by atoms with Crippen molar-refractivity contribution in [2.24, 2.45) is 0 Å². The minimum absolute atomic E-state index is 0.0977. The third-order valence-corrected chi connectivity index (χ3v) is 5.00. The fourth-order valence-corrected chi connectivity index (χ4v) is 3.96. The number of thiophene rings is 1. The van der Waals surface area contributed by atoms with Crippen molar-refractivity contribution in [2.45, 2.75) is 12.5 Å². The summed E-state index contributed by atoms with van der Waals surface area (Å²) in [6.07, 6.45) is 0.861. The minimum Gasteiger partial charge on any atom is -0.397 e. The van der Waals surface area contributed by atoms with Gasteiger partial charge in [-0.1, -0.05) is 22.0 Å². The van der Waals surface area contributed by atoms with Crippen molar-refractivity contribution in [3.8, 4) is 0 Å². The van der Waals surface area contributed by atoms with Crippen LogP contribution in [0.1, 0.15) is 16.1 Å². The molecule has 0 spiro atoms. The number of fused-ring (bicyclic) bond motifs is 1. The Labute approximate surface area is 123 Å². The monoisotopic (exact) mass is 340 g/mol. The summed E-state index contributed by atoms with van der Waals surface area (Å²) in [6, 6.07) is 5.93. The number of amides is 1. The first kappa shape index (κ1) is 12.9. The number of benzene rings is 1. The Morgan fingerprint density at radius 3 is 3.05 bits per heavy atom. The van der Waals surface area contributed by atoms with Crippen molar-refractivity contribution in [1.82, 2.24) is 5.32 Å². The number of carbonyl (C=O) groups is 1. The van der Waals surface area contributed by atoms with Gasteiger partial charge in [-0.2, -0.15) is 0 Å². The summed E-state index contributed by atoms with van der Waals surface area (Å²) in [5.41, 5.74) is 6.65. The van der Waals surface area contributed by atoms with Crippen LogP contribution in [0.2, 0.25) is 0 Å². The molecule has 1 atom stereocenters. The Morgan fingerprint density at radius 1 is 1.53 bits per heavy atom. The molecule has 100 valence electrons. The molecule has 4 nitrogen and oxygen atoms in total. The summed E-state index contributed by atoms with van der Waals surface area (Å²) < 4.78 is 7.18. The van der Waals surface area contributed by atoms with E-state index in [1.165, 1.54) is 11.3 Å². The van der Waals surface area contributed by atoms with Crippen LogP contribution in [0.5, 0.6) is 0 Å². The lowest BCUT2D eigenvalue weighted by molar-refractivity contribution is 0.0935. The van der Waals surface area contributed by atoms with Gasteiger partial charge in [0.05, 0.1) is 18.3 Å². The summed E-state index contributed by atoms with van der Waals surface area (Å²) in [4.78, 5) is 12.8. The highest BCUT2D eigenvalue weighted by Crippen LogP contribution is 2.38. The van der Waals surface area contributed by atoms with E-state index >= 15 is 0 Å². The van der Waals surface area contributed by atoms with Crippen molar-refractivity contribution in [3.63, 3.8) is 0 Å². The molecule has 0 radical (unpaired) electrons. The second-order valence-electron chi connectivity index (χ2n) is 4.49. The van der Waals surface area contributed by atoms with E-state index in [4.69, 9.17) is 10.5 Å². The molecule has 2 heterocycles. The quantitative estimate of drug-likeness (QED) is 0.883. The van der Waals surface area contributed by atoms with Gasteiger partial charge in [-0.25, -0.2) is 0 Å². The lowest BCUT2D eigenvalue weighted by Crippen LogP contribution is -2.34. The SMILES string of the molecule is Nc1c(C(=O)NC2CCOC2)sc2cccc(Br)c12. The summed E-state index contributed by atoms with van der Waals surface area (Å²) in [6.45, 7) is 1.29. The molecule has 0 bridgehead atoms. The molecule has 0 saturated carbocycles. The Morgan fingerprint density at radius 2 is 2.37 bits per heavy atom. The molecule has 1 aromatic carbocycles. The fourth-order valence-electron chi connectivity index (χ4n) is 2.20. The maximum Gasteiger partial charge on any atom is 0.263 e. The average molecular weight is 341 g/mol. The molecule has 3 N–H and O–H groups in total. The molecule has 1 fully saturated rings. The minimum atomic E-state index is -0.110. The maximum atomic E-state index is 12.3. The Kier molecular flexibility index (Phi) is 3.47. The van der Waals surface area contributed by atoms with Gasteiger partial charge < -0.3 is 15.8 Å². The van der Waals surface area contributed by atoms with Gasteiger partial charge in [-0.3, -0.25) is 4.79 Å². The highest BCUT2D eigenvalue weighted by Gasteiger charge is 2.22. The molecule has 1 saturated heterocycles. The smallest absolute Gasteiger partial charge is 0.263 e. The van der Waals surface area contributed by atoms with Crippen LogP contribution >= 0.6 is 27.3 Å². The number of nitrogens with one attached hydrogen (secondary N) is 1. The van der Waals surface area contributed by atoms with E-state index < -0.39 is 0 Å². The largest absolute Gasteiger partial charge is 0.397 e. The fraction of sp³-hybridized carbons (Fsp3) is 0.308. The topological polar surface area (TPSA) is 64.4 Å². The van der Waals surface area contributed by atoms with Crippen molar-refractivity contribution in [3.05, 3.63) is 27.5 Å². The zero-order chi connectivity index (χ0) is 13.4. The number of nitrogen functional groups attached to an aromatic ring is 1. The zero-order valence-corrected chi connectivity index (χ0v) is 12.5. The van der Waals surface area contributed by atoms with Crippen LogP contribution in [0.15, 0.2) is 22.7 Å². The van der Waals surface area contributed by atoms with Gasteiger partial charge in [0.15, 0.2) is 0 Å². The van der Waals surface area contributed by atoms with E-state index in [9.17, 15) is 4.79 Å². The lowest BCUT2D eigenvalue weighted by Gasteiger charge is -2.09. The maximum absolute atomic E-state index is 12.3. The van der Waals surface area contributed by atoms with Crippen LogP contribution in [0.25, 0.3) is 10.1 Å². The number of halogens is 1. The van der Waals surface area contributed by atoms with Gasteiger partial charge in [0, 0.05) is 21.2 Å². The first-order valence-electron chi connectivity index (χ1n) is 6.02. The molecular weight excluding hydrogens is 328 g/mol. The molecule has 1 aliphatic heterocycles. The van der Waals surface area contributed by atoms with Crippen molar-refractivity contribution in [1.29, 1.82) is 0 Å². The number of hydrogen-bond acceptors (Lipinski definition) is 4. The van der Waals surface area contributed by atoms with Gasteiger partial charge >= 0.3 is 0 Å². The third kappa shape index (κ3) is 2.35. The summed E-state index contributed by atoms with van der Waals surface area (Å²) in [5, 5.41) is 3.88. The molecule has 6 heteroatoms. The molecule has 19 heavy (non-hydrogen) atoms. The Bertz CT molecular complexity index is 635. The zero-order valence-electron chi connectivity index (χ0n) is 10.1. The van der Waals surface area contributed by atoms with Gasteiger partial charge in [-0.05, 0) is 18.6 Å². The number of anilines is 1. The number of carbonyl (C=O) groups excluding carboxylic acids is 1. The molecule has 1 unspecified atom stereocenters. The van der Waals surface area contributed by atoms with E-state index in [0.29, 0.717) is 23.8 Å². The van der Waals surface area contributed by atoms with Crippen LogP contribution in [0.3, 0.4) is 0 Å². The second kappa shape index (κ2) is 5.11. The van der Waals surface area contributed by atoms with E-state index in [1.807, 2.05) is 18.2 Å². The molecule has 0 aliphatic carbocycles. The Balaban J connectivity index is 1.94. The number of rotatable bonds is 2. The first-order chi connectivity index (χ1) is 9.16. The van der Waals surface area contributed by atoms with E-state index in [0.717, 1.165) is 21.0 Å². The molecule has 1 aliphatic rings. The Hall–Kier alpha value is -1.11. The highest BCUT2D eigenvalue weighted by molar-refractivity contribution is 9.10. The van der Waals surface area contributed by atoms with Crippen LogP contribution in [0.4, 0.5) is 5.69 Å². The number of hydrogen-bond donors (Lipinski definition) is 2. The standard InChI is InChI=1S/C13H13BrN2O2S/c14-8-2-1-3-9-10(8)11(15)12(19-9)13(17)16-7-4-5-18-6-7/h1-3,7H,4-6,15H2,(H,16,17). The van der Waals surface area contributed by atoms with Gasteiger partial charge in [-0.15, -0.1) is 11.3 Å². The second-order valence-corrected chi connectivity index (χ2v) is 6.40. The van der Waals surface area contributed by atoms with Crippen molar-refractivity contribution < 1.29 is 9.53 Å². The van der Waals surface area contributed by atoms with Crippen LogP contribution < -0.4 is 11.1 Å². The summed E-state index contributed by atoms with van der Waals surface area (Å²) >= 11 is 4.89. The predicted octanol–water partition coefficient (Wildman–Crippen LogP) is 2.76. The van der Waals surface area contributed by atoms with E-state index in [2.05, 4.69) is 21.2 Å². The van der Waals surface area contributed by atoms with Crippen LogP contribution in [-0.4, -0.2) is 25.2 Å². The van der Waals surface area contributed by atoms with Gasteiger partial charge in [0.1, 0.15) is 4.88 Å². The average Bonchev–Trinajstić information content (AvgIpc) is 2.98. The summed E-state index contributed by atoms with van der Waals surface area (Å²) in [5.74, 6) is -0.110. The molecule has 1 amide bonds. The number of ether oxygens (including phenoxy) is 1. The number of nitrogens with two attached hydrogens (primary N) is 1. The normalized spacial score (nSPS) is 18.9. The van der Waals surface area contributed by atoms with E-state index in [-0.39, 0.29) is 11.9 Å². The van der Waals surface area contributed by atoms with Gasteiger partial charge in [0.25, 0.3) is 5.91 Å². The molecular formula is C13H13BrN2O2S. The molecule has 2 aromatic rings. The first-order valence-corrected chi connectivity index (χ1v) is 7.63. The van der Waals surface area contributed by atoms with E-state index in [1.54, 1.807) is 0 Å². The lowest BCUT2D eigenvalue weighted by atomic mass is 10.2. The van der Waals surface area contributed by atoms with Crippen molar-refractivity contribution >= 4 is 48.9 Å². The summed E-state index contributed by atoms with van der Waals surface area (Å²) in [7, 11) is 0. The van der Waals surface area contributed by atoms with Gasteiger partial charge in [0.2, 0.25) is 0 Å². The van der Waals surface area contributed by atoms with Crippen LogP contribution in [0, 0.1) is 0 Å². The highest BCUT2D eigenvalue weighted by atomic mass is 79.9. The molecule has 3 rings (SSSR count). The third-order valence-electron chi connectivity index (χ3n) is 3.17.